The van der Waals surface area contributed by atoms with Gasteiger partial charge in [0.05, 0.1) is 10.5 Å². The van der Waals surface area contributed by atoms with Crippen LogP contribution in [0.3, 0.4) is 0 Å². The molecule has 0 bridgehead atoms. The normalized spacial score (nSPS) is 22.1. The number of nitrogens with zero attached hydrogens (tertiary/aromatic N) is 2. The lowest BCUT2D eigenvalue weighted by molar-refractivity contribution is 0.352. The van der Waals surface area contributed by atoms with E-state index >= 15 is 0 Å². The third kappa shape index (κ3) is 4.36. The van der Waals surface area contributed by atoms with Crippen LogP contribution in [0.4, 0.5) is 0 Å². The standard InChI is InChI=1S/C14H29N3O2S/c1-12(2)7-6-8-16-13(15-5)17-9-10-20(18,19)14(3,4)11-17/h12H,6-11H2,1-5H3,(H,15,16). The Morgan fingerprint density at radius 2 is 2.05 bits per heavy atom. The van der Waals surface area contributed by atoms with Crippen LogP contribution in [-0.4, -0.2) is 56.5 Å². The van der Waals surface area contributed by atoms with Crippen molar-refractivity contribution in [2.45, 2.75) is 45.3 Å². The molecule has 0 aromatic rings. The molecule has 0 aromatic carbocycles. The minimum atomic E-state index is -3.00. The number of hydrogen-bond donors (Lipinski definition) is 1. The fraction of sp³-hybridized carbons (Fsp3) is 0.929. The Labute approximate surface area is 123 Å². The molecule has 20 heavy (non-hydrogen) atoms. The van der Waals surface area contributed by atoms with Crippen molar-refractivity contribution in [3.63, 3.8) is 0 Å². The number of rotatable bonds is 4. The molecule has 1 fully saturated rings. The maximum atomic E-state index is 12.0. The fourth-order valence-electron chi connectivity index (χ4n) is 2.37. The van der Waals surface area contributed by atoms with Crippen LogP contribution in [0.5, 0.6) is 0 Å². The van der Waals surface area contributed by atoms with Gasteiger partial charge in [-0.1, -0.05) is 13.8 Å². The van der Waals surface area contributed by atoms with Crippen molar-refractivity contribution in [1.29, 1.82) is 0 Å². The first kappa shape index (κ1) is 17.3. The van der Waals surface area contributed by atoms with E-state index in [9.17, 15) is 8.42 Å². The summed E-state index contributed by atoms with van der Waals surface area (Å²) in [6, 6.07) is 0. The van der Waals surface area contributed by atoms with Gasteiger partial charge in [0.1, 0.15) is 0 Å². The quantitative estimate of drug-likeness (QED) is 0.486. The Bertz CT molecular complexity index is 441. The summed E-state index contributed by atoms with van der Waals surface area (Å²) in [6.45, 7) is 9.92. The highest BCUT2D eigenvalue weighted by Gasteiger charge is 2.40. The van der Waals surface area contributed by atoms with Gasteiger partial charge < -0.3 is 10.2 Å². The Morgan fingerprint density at radius 3 is 2.55 bits per heavy atom. The lowest BCUT2D eigenvalue weighted by Crippen LogP contribution is -2.57. The SMILES string of the molecule is CN=C(NCCCC(C)C)N1CCS(=O)(=O)C(C)(C)C1. The van der Waals surface area contributed by atoms with Crippen molar-refractivity contribution in [3.05, 3.63) is 0 Å². The summed E-state index contributed by atoms with van der Waals surface area (Å²) in [7, 11) is -1.25. The predicted octanol–water partition coefficient (Wildman–Crippen LogP) is 1.51. The van der Waals surface area contributed by atoms with Crippen molar-refractivity contribution in [2.75, 3.05) is 32.4 Å². The van der Waals surface area contributed by atoms with Crippen LogP contribution in [0.2, 0.25) is 0 Å². The number of hydrogen-bond acceptors (Lipinski definition) is 3. The molecule has 6 heteroatoms. The summed E-state index contributed by atoms with van der Waals surface area (Å²) in [5.74, 6) is 1.72. The van der Waals surface area contributed by atoms with Crippen LogP contribution < -0.4 is 5.32 Å². The van der Waals surface area contributed by atoms with E-state index in [0.717, 1.165) is 18.9 Å². The molecular weight excluding hydrogens is 274 g/mol. The van der Waals surface area contributed by atoms with Crippen LogP contribution in [0, 0.1) is 5.92 Å². The molecule has 0 amide bonds. The first-order valence-corrected chi connectivity index (χ1v) is 9.03. The maximum absolute atomic E-state index is 12.0. The number of aliphatic imine (C=N–C) groups is 1. The molecule has 5 nitrogen and oxygen atoms in total. The molecule has 0 unspecified atom stereocenters. The number of sulfone groups is 1. The van der Waals surface area contributed by atoms with E-state index in [1.54, 1.807) is 20.9 Å². The summed E-state index contributed by atoms with van der Waals surface area (Å²) < 4.78 is 23.3. The van der Waals surface area contributed by atoms with Gasteiger partial charge >= 0.3 is 0 Å². The van der Waals surface area contributed by atoms with Crippen molar-refractivity contribution in [3.8, 4) is 0 Å². The second kappa shape index (κ2) is 6.78. The van der Waals surface area contributed by atoms with E-state index in [2.05, 4.69) is 29.1 Å². The minimum Gasteiger partial charge on any atom is -0.356 e. The molecule has 0 radical (unpaired) electrons. The molecule has 0 spiro atoms. The summed E-state index contributed by atoms with van der Waals surface area (Å²) in [5, 5.41) is 3.34. The van der Waals surface area contributed by atoms with Gasteiger partial charge in [0.15, 0.2) is 15.8 Å². The van der Waals surface area contributed by atoms with Crippen molar-refractivity contribution < 1.29 is 8.42 Å². The lowest BCUT2D eigenvalue weighted by Gasteiger charge is -2.39. The smallest absolute Gasteiger partial charge is 0.193 e. The molecule has 1 heterocycles. The molecule has 0 aliphatic carbocycles. The molecule has 0 aromatic heterocycles. The van der Waals surface area contributed by atoms with Crippen LogP contribution in [0.1, 0.15) is 40.5 Å². The molecule has 1 aliphatic rings. The van der Waals surface area contributed by atoms with Gasteiger partial charge in [-0.05, 0) is 32.6 Å². The number of nitrogens with one attached hydrogen (secondary N) is 1. The molecule has 0 atom stereocenters. The van der Waals surface area contributed by atoms with Gasteiger partial charge in [0.2, 0.25) is 0 Å². The second-order valence-electron chi connectivity index (χ2n) is 6.51. The Morgan fingerprint density at radius 1 is 1.40 bits per heavy atom. The summed E-state index contributed by atoms with van der Waals surface area (Å²) in [4.78, 5) is 6.33. The summed E-state index contributed by atoms with van der Waals surface area (Å²) in [5.41, 5.74) is 0. The number of guanidine groups is 1. The fourth-order valence-corrected chi connectivity index (χ4v) is 3.73. The molecular formula is C14H29N3O2S. The predicted molar refractivity (Wildman–Crippen MR) is 84.9 cm³/mol. The van der Waals surface area contributed by atoms with Crippen LogP contribution in [0.15, 0.2) is 4.99 Å². The van der Waals surface area contributed by atoms with Gasteiger partial charge in [0, 0.05) is 26.7 Å². The molecule has 118 valence electrons. The van der Waals surface area contributed by atoms with Gasteiger partial charge in [-0.3, -0.25) is 4.99 Å². The Kier molecular flexibility index (Phi) is 5.86. The molecule has 1 N–H and O–H groups in total. The van der Waals surface area contributed by atoms with E-state index in [-0.39, 0.29) is 5.75 Å². The van der Waals surface area contributed by atoms with Crippen LogP contribution in [0.25, 0.3) is 0 Å². The van der Waals surface area contributed by atoms with E-state index in [1.165, 1.54) is 6.42 Å². The zero-order valence-electron chi connectivity index (χ0n) is 13.4. The van der Waals surface area contributed by atoms with Gasteiger partial charge in [0.25, 0.3) is 0 Å². The zero-order valence-corrected chi connectivity index (χ0v) is 14.3. The highest BCUT2D eigenvalue weighted by molar-refractivity contribution is 7.92. The van der Waals surface area contributed by atoms with Crippen LogP contribution >= 0.6 is 0 Å². The summed E-state index contributed by atoms with van der Waals surface area (Å²) in [6.07, 6.45) is 2.29. The topological polar surface area (TPSA) is 61.8 Å². The van der Waals surface area contributed by atoms with Gasteiger partial charge in [-0.15, -0.1) is 0 Å². The van der Waals surface area contributed by atoms with Gasteiger partial charge in [-0.25, -0.2) is 8.42 Å². The Hall–Kier alpha value is -0.780. The molecule has 1 rings (SSSR count). The molecule has 1 aliphatic heterocycles. The maximum Gasteiger partial charge on any atom is 0.193 e. The van der Waals surface area contributed by atoms with Crippen LogP contribution in [-0.2, 0) is 9.84 Å². The van der Waals surface area contributed by atoms with Crippen molar-refractivity contribution >= 4 is 15.8 Å². The average Bonchev–Trinajstić information content (AvgIpc) is 2.33. The van der Waals surface area contributed by atoms with E-state index in [1.807, 2.05) is 0 Å². The second-order valence-corrected chi connectivity index (χ2v) is 9.25. The largest absolute Gasteiger partial charge is 0.356 e. The highest BCUT2D eigenvalue weighted by Crippen LogP contribution is 2.23. The first-order valence-electron chi connectivity index (χ1n) is 7.37. The monoisotopic (exact) mass is 303 g/mol. The third-order valence-corrected chi connectivity index (χ3v) is 6.33. The van der Waals surface area contributed by atoms with Crippen molar-refractivity contribution in [2.24, 2.45) is 10.9 Å². The third-order valence-electron chi connectivity index (χ3n) is 3.80. The lowest BCUT2D eigenvalue weighted by atomic mass is 10.1. The minimum absolute atomic E-state index is 0.201. The van der Waals surface area contributed by atoms with E-state index in [4.69, 9.17) is 0 Å². The average molecular weight is 303 g/mol. The summed E-state index contributed by atoms with van der Waals surface area (Å²) >= 11 is 0. The van der Waals surface area contributed by atoms with Gasteiger partial charge in [-0.2, -0.15) is 0 Å². The zero-order chi connectivity index (χ0) is 15.4. The van der Waals surface area contributed by atoms with E-state index in [0.29, 0.717) is 19.0 Å². The van der Waals surface area contributed by atoms with E-state index < -0.39 is 14.6 Å². The molecule has 0 saturated carbocycles. The molecule has 1 saturated heterocycles. The highest BCUT2D eigenvalue weighted by atomic mass is 32.2. The Balaban J connectivity index is 2.56. The first-order chi connectivity index (χ1) is 9.19. The van der Waals surface area contributed by atoms with Crippen molar-refractivity contribution in [1.82, 2.24) is 10.2 Å².